The lowest BCUT2D eigenvalue weighted by atomic mass is 10.1. The topological polar surface area (TPSA) is 72.3 Å². The standard InChI is InChI=1S/C30H30N6.C3H6/c1-5-7-13-28-23(4)22(3)27(6-2)36(28)26-16-14-24(15-17-26)21-35(29-20-32-18-19-33-29)30(34-31)25-11-9-8-10-12-25;1-3-2/h5-20H,1-2,21,31H2,3-4H3;3H,1H2,2H3/b13-7-,34-30-;. The molecule has 0 aliphatic rings. The minimum atomic E-state index is 0.519. The number of hydrogen-bond acceptors (Lipinski definition) is 4. The van der Waals surface area contributed by atoms with Gasteiger partial charge in [0, 0.05) is 35.0 Å². The summed E-state index contributed by atoms with van der Waals surface area (Å²) in [6, 6.07) is 18.3. The molecule has 2 N–H and O–H groups in total. The van der Waals surface area contributed by atoms with Crippen LogP contribution in [0.25, 0.3) is 17.8 Å². The van der Waals surface area contributed by atoms with Crippen molar-refractivity contribution >= 4 is 23.8 Å². The number of rotatable bonds is 8. The highest BCUT2D eigenvalue weighted by atomic mass is 15.3. The van der Waals surface area contributed by atoms with Crippen molar-refractivity contribution in [1.82, 2.24) is 14.5 Å². The molecule has 198 valence electrons. The average Bonchev–Trinajstić information content (AvgIpc) is 3.22. The zero-order valence-electron chi connectivity index (χ0n) is 23.0. The molecule has 0 aliphatic heterocycles. The van der Waals surface area contributed by atoms with Crippen molar-refractivity contribution in [3.8, 4) is 5.69 Å². The lowest BCUT2D eigenvalue weighted by Gasteiger charge is -2.25. The van der Waals surface area contributed by atoms with Crippen LogP contribution in [-0.4, -0.2) is 20.4 Å². The van der Waals surface area contributed by atoms with Gasteiger partial charge in [-0.25, -0.2) is 4.98 Å². The number of nitrogens with two attached hydrogens (primary N) is 1. The van der Waals surface area contributed by atoms with Gasteiger partial charge in [-0.05, 0) is 61.7 Å². The van der Waals surface area contributed by atoms with E-state index in [9.17, 15) is 0 Å². The van der Waals surface area contributed by atoms with Gasteiger partial charge < -0.3 is 15.3 Å². The number of hydrazone groups is 1. The Kier molecular flexibility index (Phi) is 10.3. The first-order valence-corrected chi connectivity index (χ1v) is 12.7. The van der Waals surface area contributed by atoms with Crippen molar-refractivity contribution in [2.75, 3.05) is 4.90 Å². The SMILES string of the molecule is C=C/C=C\c1c(C)c(C)c(C=C)n1-c1ccc(CN(/C(=N\N)c2ccccc2)c2cnccn2)cc1.C=CC. The third kappa shape index (κ3) is 6.67. The second-order valence-electron chi connectivity index (χ2n) is 8.70. The molecule has 0 radical (unpaired) electrons. The van der Waals surface area contributed by atoms with Gasteiger partial charge in [0.1, 0.15) is 0 Å². The number of nitrogens with zero attached hydrogens (tertiary/aromatic N) is 5. The Morgan fingerprint density at radius 3 is 2.21 bits per heavy atom. The van der Waals surface area contributed by atoms with Gasteiger partial charge >= 0.3 is 0 Å². The maximum atomic E-state index is 5.87. The molecule has 2 aromatic heterocycles. The van der Waals surface area contributed by atoms with Gasteiger partial charge in [0.15, 0.2) is 11.7 Å². The quantitative estimate of drug-likeness (QED) is 0.0669. The van der Waals surface area contributed by atoms with Crippen molar-refractivity contribution < 1.29 is 0 Å². The van der Waals surface area contributed by atoms with Gasteiger partial charge in [0.25, 0.3) is 0 Å². The van der Waals surface area contributed by atoms with Crippen LogP contribution < -0.4 is 10.7 Å². The van der Waals surface area contributed by atoms with Crippen LogP contribution in [0.2, 0.25) is 0 Å². The zero-order chi connectivity index (χ0) is 28.2. The Hall–Kier alpha value is -4.97. The van der Waals surface area contributed by atoms with Crippen LogP contribution >= 0.6 is 0 Å². The maximum absolute atomic E-state index is 5.87. The van der Waals surface area contributed by atoms with Gasteiger partial charge in [-0.3, -0.25) is 4.98 Å². The third-order valence-corrected chi connectivity index (χ3v) is 6.17. The van der Waals surface area contributed by atoms with Gasteiger partial charge in [0.2, 0.25) is 0 Å². The highest BCUT2D eigenvalue weighted by Gasteiger charge is 2.19. The van der Waals surface area contributed by atoms with Crippen LogP contribution in [-0.2, 0) is 6.54 Å². The largest absolute Gasteiger partial charge is 0.321 e. The fourth-order valence-corrected chi connectivity index (χ4v) is 4.25. The number of allylic oxidation sites excluding steroid dienone is 3. The lowest BCUT2D eigenvalue weighted by molar-refractivity contribution is 0.949. The number of amidine groups is 1. The van der Waals surface area contributed by atoms with E-state index in [2.05, 4.69) is 83.6 Å². The maximum Gasteiger partial charge on any atom is 0.161 e. The van der Waals surface area contributed by atoms with E-state index in [1.54, 1.807) is 30.7 Å². The summed E-state index contributed by atoms with van der Waals surface area (Å²) in [6.45, 7) is 17.9. The highest BCUT2D eigenvalue weighted by Crippen LogP contribution is 2.28. The predicted octanol–water partition coefficient (Wildman–Crippen LogP) is 7.25. The molecule has 0 bridgehead atoms. The molecule has 0 saturated heterocycles. The molecule has 39 heavy (non-hydrogen) atoms. The second kappa shape index (κ2) is 14.1. The molecular formula is C33H36N6. The molecule has 6 nitrogen and oxygen atoms in total. The molecule has 4 aromatic rings. The van der Waals surface area contributed by atoms with Crippen molar-refractivity contribution in [2.45, 2.75) is 27.3 Å². The molecule has 0 amide bonds. The summed E-state index contributed by atoms with van der Waals surface area (Å²) >= 11 is 0. The molecule has 0 aliphatic carbocycles. The highest BCUT2D eigenvalue weighted by molar-refractivity contribution is 6.09. The van der Waals surface area contributed by atoms with E-state index < -0.39 is 0 Å². The summed E-state index contributed by atoms with van der Waals surface area (Å²) in [6.07, 6.45) is 14.5. The summed E-state index contributed by atoms with van der Waals surface area (Å²) in [4.78, 5) is 10.7. The van der Waals surface area contributed by atoms with E-state index in [0.29, 0.717) is 18.2 Å². The number of hydrogen-bond donors (Lipinski definition) is 1. The Balaban J connectivity index is 0.00000134. The van der Waals surface area contributed by atoms with Crippen molar-refractivity contribution in [3.05, 3.63) is 145 Å². The Morgan fingerprint density at radius 2 is 1.64 bits per heavy atom. The van der Waals surface area contributed by atoms with Gasteiger partial charge in [0.05, 0.1) is 12.7 Å². The summed E-state index contributed by atoms with van der Waals surface area (Å²) in [5.74, 6) is 7.15. The molecule has 2 heterocycles. The van der Waals surface area contributed by atoms with Gasteiger partial charge in [-0.15, -0.1) is 6.58 Å². The predicted molar refractivity (Wildman–Crippen MR) is 166 cm³/mol. The van der Waals surface area contributed by atoms with E-state index in [0.717, 1.165) is 28.2 Å². The minimum absolute atomic E-state index is 0.519. The van der Waals surface area contributed by atoms with E-state index >= 15 is 0 Å². The number of benzene rings is 2. The normalized spacial score (nSPS) is 11.0. The van der Waals surface area contributed by atoms with Gasteiger partial charge in [-0.2, -0.15) is 5.10 Å². The molecule has 0 unspecified atom stereocenters. The molecule has 2 aromatic carbocycles. The lowest BCUT2D eigenvalue weighted by Crippen LogP contribution is -2.33. The Bertz CT molecular complexity index is 1450. The smallest absolute Gasteiger partial charge is 0.161 e. The monoisotopic (exact) mass is 516 g/mol. The van der Waals surface area contributed by atoms with Crippen LogP contribution in [0, 0.1) is 13.8 Å². The first-order valence-electron chi connectivity index (χ1n) is 12.7. The van der Waals surface area contributed by atoms with Crippen LogP contribution in [0.5, 0.6) is 0 Å². The summed E-state index contributed by atoms with van der Waals surface area (Å²) in [7, 11) is 0. The van der Waals surface area contributed by atoms with E-state index in [1.165, 1.54) is 11.1 Å². The zero-order valence-corrected chi connectivity index (χ0v) is 23.0. The average molecular weight is 517 g/mol. The Labute approximate surface area is 231 Å². The van der Waals surface area contributed by atoms with Crippen LogP contribution in [0.15, 0.2) is 116 Å². The Morgan fingerprint density at radius 1 is 0.974 bits per heavy atom. The third-order valence-electron chi connectivity index (χ3n) is 6.17. The fourth-order valence-electron chi connectivity index (χ4n) is 4.25. The minimum Gasteiger partial charge on any atom is -0.321 e. The van der Waals surface area contributed by atoms with E-state index in [-0.39, 0.29) is 0 Å². The first kappa shape index (κ1) is 28.6. The molecule has 0 saturated carbocycles. The van der Waals surface area contributed by atoms with Crippen molar-refractivity contribution in [3.63, 3.8) is 0 Å². The number of anilines is 1. The van der Waals surface area contributed by atoms with E-state index in [4.69, 9.17) is 5.84 Å². The van der Waals surface area contributed by atoms with Crippen molar-refractivity contribution in [2.24, 2.45) is 10.9 Å². The summed E-state index contributed by atoms with van der Waals surface area (Å²) in [5.41, 5.74) is 7.63. The molecule has 0 fully saturated rings. The first-order chi connectivity index (χ1) is 19.0. The molecular weight excluding hydrogens is 480 g/mol. The van der Waals surface area contributed by atoms with Crippen LogP contribution in [0.1, 0.15) is 40.6 Å². The molecule has 0 spiro atoms. The van der Waals surface area contributed by atoms with E-state index in [1.807, 2.05) is 54.3 Å². The fraction of sp³-hybridized carbons (Fsp3) is 0.121. The summed E-state index contributed by atoms with van der Waals surface area (Å²) < 4.78 is 2.22. The summed E-state index contributed by atoms with van der Waals surface area (Å²) in [5, 5.41) is 4.12. The molecule has 0 atom stereocenters. The van der Waals surface area contributed by atoms with Gasteiger partial charge in [-0.1, -0.05) is 73.9 Å². The molecule has 6 heteroatoms. The molecule has 4 rings (SSSR count). The number of aromatic nitrogens is 3. The van der Waals surface area contributed by atoms with Crippen LogP contribution in [0.4, 0.5) is 5.82 Å². The van der Waals surface area contributed by atoms with Crippen molar-refractivity contribution in [1.29, 1.82) is 0 Å². The van der Waals surface area contributed by atoms with Crippen LogP contribution in [0.3, 0.4) is 0 Å². The second-order valence-corrected chi connectivity index (χ2v) is 8.70.